The van der Waals surface area contributed by atoms with Gasteiger partial charge in [-0.05, 0) is 20.8 Å². The van der Waals surface area contributed by atoms with Crippen molar-refractivity contribution >= 4 is 0 Å². The van der Waals surface area contributed by atoms with E-state index in [-0.39, 0.29) is 5.92 Å². The highest BCUT2D eigenvalue weighted by molar-refractivity contribution is 4.72. The van der Waals surface area contributed by atoms with Crippen molar-refractivity contribution < 1.29 is 4.84 Å². The minimum Gasteiger partial charge on any atom is -0.308 e. The Hall–Kier alpha value is -0.850. The molecule has 0 saturated heterocycles. The van der Waals surface area contributed by atoms with E-state index >= 15 is 0 Å². The first kappa shape index (κ1) is 16.6. The summed E-state index contributed by atoms with van der Waals surface area (Å²) in [6, 6.07) is 2.03. The zero-order valence-electron chi connectivity index (χ0n) is 7.79. The van der Waals surface area contributed by atoms with Crippen LogP contribution in [-0.2, 0) is 4.84 Å². The molecule has 0 bridgehead atoms. The fourth-order valence-corrected chi connectivity index (χ4v) is 0. The minimum atomic E-state index is 0.190. The lowest BCUT2D eigenvalue weighted by Gasteiger charge is -1.75. The van der Waals surface area contributed by atoms with Crippen LogP contribution in [0.25, 0.3) is 0 Å². The SMILES string of the molecule is C=CC.CC(C)C#N.CON. The molecule has 0 unspecified atom stereocenters. The standard InChI is InChI=1S/C4H7N.C3H6.CH5NO/c1-4(2)3-5;2*1-3-2/h4H,1-2H3;3H,1H2,2H3;2H2,1H3. The normalized spacial score (nSPS) is 6.27. The Morgan fingerprint density at radius 2 is 1.73 bits per heavy atom. The van der Waals surface area contributed by atoms with Crippen LogP contribution in [0, 0.1) is 17.2 Å². The van der Waals surface area contributed by atoms with Crippen LogP contribution in [0.2, 0.25) is 0 Å². The first-order valence-corrected chi connectivity index (χ1v) is 3.30. The van der Waals surface area contributed by atoms with E-state index in [0.29, 0.717) is 0 Å². The first-order valence-electron chi connectivity index (χ1n) is 3.30. The Morgan fingerprint density at radius 1 is 1.64 bits per heavy atom. The van der Waals surface area contributed by atoms with E-state index in [1.807, 2.05) is 26.8 Å². The fourth-order valence-electron chi connectivity index (χ4n) is 0. The Kier molecular flexibility index (Phi) is 34.6. The average Bonchev–Trinajstić information content (AvgIpc) is 1.91. The third-order valence-electron chi connectivity index (χ3n) is 0.258. The van der Waals surface area contributed by atoms with Gasteiger partial charge >= 0.3 is 0 Å². The lowest BCUT2D eigenvalue weighted by Crippen LogP contribution is -1.86. The molecule has 0 aromatic heterocycles. The van der Waals surface area contributed by atoms with Crippen molar-refractivity contribution in [1.82, 2.24) is 0 Å². The van der Waals surface area contributed by atoms with E-state index in [0.717, 1.165) is 0 Å². The molecule has 3 nitrogen and oxygen atoms in total. The Morgan fingerprint density at radius 3 is 1.73 bits per heavy atom. The number of nitrogens with zero attached hydrogens (tertiary/aromatic N) is 1. The summed E-state index contributed by atoms with van der Waals surface area (Å²) in [5.74, 6) is 4.54. The molecule has 0 rings (SSSR count). The Bertz CT molecular complexity index is 94.8. The third-order valence-corrected chi connectivity index (χ3v) is 0.258. The molecule has 11 heavy (non-hydrogen) atoms. The van der Waals surface area contributed by atoms with Crippen LogP contribution in [-0.4, -0.2) is 7.11 Å². The van der Waals surface area contributed by atoms with E-state index < -0.39 is 0 Å². The highest BCUT2D eigenvalue weighted by atomic mass is 16.6. The van der Waals surface area contributed by atoms with E-state index in [1.165, 1.54) is 7.11 Å². The van der Waals surface area contributed by atoms with Gasteiger partial charge in [-0.15, -0.1) is 6.58 Å². The number of nitriles is 1. The van der Waals surface area contributed by atoms with Crippen LogP contribution in [0.15, 0.2) is 12.7 Å². The maximum absolute atomic E-state index is 7.89. The molecule has 0 aliphatic carbocycles. The van der Waals surface area contributed by atoms with Crippen LogP contribution in [0.1, 0.15) is 20.8 Å². The summed E-state index contributed by atoms with van der Waals surface area (Å²) < 4.78 is 0. The van der Waals surface area contributed by atoms with Crippen LogP contribution in [0.4, 0.5) is 0 Å². The largest absolute Gasteiger partial charge is 0.308 e. The average molecular weight is 158 g/mol. The Balaban J connectivity index is -0.0000000933. The molecule has 3 heteroatoms. The van der Waals surface area contributed by atoms with Gasteiger partial charge in [0, 0.05) is 5.92 Å². The van der Waals surface area contributed by atoms with Crippen molar-refractivity contribution in [3.8, 4) is 6.07 Å². The van der Waals surface area contributed by atoms with Crippen LogP contribution in [0.5, 0.6) is 0 Å². The van der Waals surface area contributed by atoms with Crippen molar-refractivity contribution in [1.29, 1.82) is 5.26 Å². The van der Waals surface area contributed by atoms with Crippen molar-refractivity contribution in [2.75, 3.05) is 7.11 Å². The van der Waals surface area contributed by atoms with Gasteiger partial charge in [0.25, 0.3) is 0 Å². The topological polar surface area (TPSA) is 59.0 Å². The smallest absolute Gasteiger partial charge is 0.0649 e. The summed E-state index contributed by atoms with van der Waals surface area (Å²) in [4.78, 5) is 3.75. The van der Waals surface area contributed by atoms with E-state index in [1.54, 1.807) is 6.08 Å². The lowest BCUT2D eigenvalue weighted by atomic mass is 10.3. The molecular weight excluding hydrogens is 140 g/mol. The van der Waals surface area contributed by atoms with Gasteiger partial charge in [0.15, 0.2) is 0 Å². The molecule has 0 amide bonds. The van der Waals surface area contributed by atoms with Crippen LogP contribution >= 0.6 is 0 Å². The number of hydrogen-bond donors (Lipinski definition) is 1. The molecule has 0 aliphatic heterocycles. The summed E-state index contributed by atoms with van der Waals surface area (Å²) in [6.07, 6.45) is 1.75. The molecule has 0 aromatic rings. The predicted molar refractivity (Wildman–Crippen MR) is 47.5 cm³/mol. The Labute approximate surface area is 69.4 Å². The summed E-state index contributed by atoms with van der Waals surface area (Å²) in [5.41, 5.74) is 0. The van der Waals surface area contributed by atoms with E-state index in [4.69, 9.17) is 5.26 Å². The second-order valence-electron chi connectivity index (χ2n) is 1.93. The quantitative estimate of drug-likeness (QED) is 0.432. The van der Waals surface area contributed by atoms with Gasteiger partial charge in [-0.25, -0.2) is 5.90 Å². The maximum Gasteiger partial charge on any atom is 0.0649 e. The zero-order chi connectivity index (χ0) is 9.70. The predicted octanol–water partition coefficient (Wildman–Crippen LogP) is 1.86. The van der Waals surface area contributed by atoms with Gasteiger partial charge in [0.05, 0.1) is 13.2 Å². The monoisotopic (exact) mass is 158 g/mol. The molecule has 66 valence electrons. The summed E-state index contributed by atoms with van der Waals surface area (Å²) >= 11 is 0. The highest BCUT2D eigenvalue weighted by Gasteiger charge is 1.78. The van der Waals surface area contributed by atoms with Gasteiger partial charge in [0.2, 0.25) is 0 Å². The van der Waals surface area contributed by atoms with Crippen LogP contribution in [0.3, 0.4) is 0 Å². The first-order chi connectivity index (χ1) is 5.10. The lowest BCUT2D eigenvalue weighted by molar-refractivity contribution is 0.206. The number of hydrogen-bond acceptors (Lipinski definition) is 3. The van der Waals surface area contributed by atoms with Crippen molar-refractivity contribution in [3.05, 3.63) is 12.7 Å². The van der Waals surface area contributed by atoms with E-state index in [9.17, 15) is 0 Å². The second kappa shape index (κ2) is 22.9. The van der Waals surface area contributed by atoms with Crippen molar-refractivity contribution in [2.24, 2.45) is 11.8 Å². The molecule has 0 heterocycles. The molecule has 2 N–H and O–H groups in total. The molecule has 0 radical (unpaired) electrons. The molecule has 0 aliphatic rings. The van der Waals surface area contributed by atoms with Crippen molar-refractivity contribution in [2.45, 2.75) is 20.8 Å². The molecule has 0 spiro atoms. The summed E-state index contributed by atoms with van der Waals surface area (Å²) in [7, 11) is 1.40. The van der Waals surface area contributed by atoms with Gasteiger partial charge in [-0.3, -0.25) is 0 Å². The van der Waals surface area contributed by atoms with E-state index in [2.05, 4.69) is 17.3 Å². The highest BCUT2D eigenvalue weighted by Crippen LogP contribution is 1.81. The number of nitrogens with two attached hydrogens (primary N) is 1. The second-order valence-corrected chi connectivity index (χ2v) is 1.93. The van der Waals surface area contributed by atoms with Crippen LogP contribution < -0.4 is 5.90 Å². The molecule has 0 atom stereocenters. The number of rotatable bonds is 0. The fraction of sp³-hybridized carbons (Fsp3) is 0.625. The number of allylic oxidation sites excluding steroid dienone is 1. The summed E-state index contributed by atoms with van der Waals surface area (Å²) in [5, 5.41) is 7.89. The minimum absolute atomic E-state index is 0.190. The van der Waals surface area contributed by atoms with Gasteiger partial charge < -0.3 is 4.84 Å². The van der Waals surface area contributed by atoms with Gasteiger partial charge in [-0.1, -0.05) is 6.08 Å². The molecule has 0 fully saturated rings. The van der Waals surface area contributed by atoms with Gasteiger partial charge in [-0.2, -0.15) is 5.26 Å². The molecule has 0 saturated carbocycles. The third kappa shape index (κ3) is 354. The van der Waals surface area contributed by atoms with Crippen molar-refractivity contribution in [3.63, 3.8) is 0 Å². The molecule has 0 aromatic carbocycles. The summed E-state index contributed by atoms with van der Waals surface area (Å²) in [6.45, 7) is 8.97. The maximum atomic E-state index is 7.89. The van der Waals surface area contributed by atoms with Gasteiger partial charge in [0.1, 0.15) is 0 Å². The molecular formula is C8H18N2O. The zero-order valence-corrected chi connectivity index (χ0v) is 7.79.